The highest BCUT2D eigenvalue weighted by Gasteiger charge is 2.13. The van der Waals surface area contributed by atoms with Crippen LogP contribution in [0.4, 0.5) is 5.69 Å². The number of carbonyl (C=O) groups excluding carboxylic acids is 1. The van der Waals surface area contributed by atoms with E-state index in [1.54, 1.807) is 23.3 Å². The topological polar surface area (TPSA) is 67.2 Å². The van der Waals surface area contributed by atoms with Gasteiger partial charge in [-0.05, 0) is 23.8 Å². The Morgan fingerprint density at radius 2 is 1.55 bits per heavy atom. The second-order valence-corrected chi connectivity index (χ2v) is 6.64. The van der Waals surface area contributed by atoms with Crippen LogP contribution in [0.2, 0.25) is 0 Å². The summed E-state index contributed by atoms with van der Waals surface area (Å²) in [5, 5.41) is 7.20. The third kappa shape index (κ3) is 4.32. The lowest BCUT2D eigenvalue weighted by atomic mass is 10.2. The van der Waals surface area contributed by atoms with Crippen LogP contribution in [0.25, 0.3) is 10.8 Å². The van der Waals surface area contributed by atoms with Crippen LogP contribution in [0.5, 0.6) is 0 Å². The van der Waals surface area contributed by atoms with Gasteiger partial charge in [0.1, 0.15) is 6.54 Å². The lowest BCUT2D eigenvalue weighted by molar-refractivity contribution is -0.122. The molecule has 4 aromatic rings. The monoisotopic (exact) mass is 384 g/mol. The normalized spacial score (nSPS) is 10.6. The predicted octanol–water partition coefficient (Wildman–Crippen LogP) is 3.13. The van der Waals surface area contributed by atoms with Crippen molar-refractivity contribution in [1.29, 1.82) is 0 Å². The number of carbonyl (C=O) groups is 1. The van der Waals surface area contributed by atoms with Crippen LogP contribution < -0.4 is 16.0 Å². The number of nitrogens with one attached hydrogen (secondary N) is 1. The number of anilines is 1. The number of hydrazine groups is 1. The minimum atomic E-state index is -0.324. The van der Waals surface area contributed by atoms with E-state index in [0.29, 0.717) is 11.9 Å². The van der Waals surface area contributed by atoms with Crippen molar-refractivity contribution in [3.05, 3.63) is 107 Å². The SMILES string of the molecule is O=C(Cn1ncc2ccccc2c1=O)NN(Cc1ccccc1)c1ccccc1. The molecule has 0 aliphatic heterocycles. The Labute approximate surface area is 168 Å². The molecule has 6 nitrogen and oxygen atoms in total. The zero-order valence-corrected chi connectivity index (χ0v) is 15.7. The van der Waals surface area contributed by atoms with E-state index >= 15 is 0 Å². The van der Waals surface area contributed by atoms with Gasteiger partial charge >= 0.3 is 0 Å². The van der Waals surface area contributed by atoms with Crippen molar-refractivity contribution < 1.29 is 4.79 Å². The first kappa shape index (κ1) is 18.4. The standard InChI is InChI=1S/C23H20N4O2/c28-22(17-27-23(29)21-14-8-7-11-19(21)15-24-27)25-26(20-12-5-2-6-13-20)16-18-9-3-1-4-10-18/h1-15H,16-17H2,(H,25,28). The fourth-order valence-corrected chi connectivity index (χ4v) is 3.13. The van der Waals surface area contributed by atoms with E-state index in [9.17, 15) is 9.59 Å². The van der Waals surface area contributed by atoms with E-state index in [2.05, 4.69) is 10.5 Å². The molecule has 6 heteroatoms. The van der Waals surface area contributed by atoms with Crippen molar-refractivity contribution in [3.8, 4) is 0 Å². The molecule has 3 aromatic carbocycles. The fourth-order valence-electron chi connectivity index (χ4n) is 3.13. The van der Waals surface area contributed by atoms with Crippen LogP contribution >= 0.6 is 0 Å². The maximum absolute atomic E-state index is 12.7. The van der Waals surface area contributed by atoms with Gasteiger partial charge in [-0.2, -0.15) is 5.10 Å². The Hall–Kier alpha value is -3.93. The molecule has 0 saturated carbocycles. The molecule has 144 valence electrons. The molecule has 0 bridgehead atoms. The second-order valence-electron chi connectivity index (χ2n) is 6.64. The van der Waals surface area contributed by atoms with E-state index in [0.717, 1.165) is 16.6 Å². The number of rotatable bonds is 6. The van der Waals surface area contributed by atoms with Crippen molar-refractivity contribution >= 4 is 22.4 Å². The summed E-state index contributed by atoms with van der Waals surface area (Å²) in [6, 6.07) is 26.7. The van der Waals surface area contributed by atoms with E-state index < -0.39 is 0 Å². The molecule has 29 heavy (non-hydrogen) atoms. The van der Waals surface area contributed by atoms with Crippen LogP contribution in [-0.2, 0) is 17.9 Å². The minimum Gasteiger partial charge on any atom is -0.281 e. The second kappa shape index (κ2) is 8.39. The third-order valence-electron chi connectivity index (χ3n) is 4.57. The summed E-state index contributed by atoms with van der Waals surface area (Å²) in [6.07, 6.45) is 1.60. The van der Waals surface area contributed by atoms with Crippen molar-refractivity contribution in [2.24, 2.45) is 0 Å². The molecule has 0 saturated heterocycles. The highest BCUT2D eigenvalue weighted by molar-refractivity contribution is 5.81. The van der Waals surface area contributed by atoms with Gasteiger partial charge in [0.05, 0.1) is 23.8 Å². The number of nitrogens with zero attached hydrogens (tertiary/aromatic N) is 3. The Bertz CT molecular complexity index is 1170. The van der Waals surface area contributed by atoms with Gasteiger partial charge < -0.3 is 0 Å². The average molecular weight is 384 g/mol. The first-order valence-corrected chi connectivity index (χ1v) is 9.31. The van der Waals surface area contributed by atoms with Crippen LogP contribution in [0.15, 0.2) is 95.9 Å². The van der Waals surface area contributed by atoms with Crippen LogP contribution in [0.1, 0.15) is 5.56 Å². The lowest BCUT2D eigenvalue weighted by Crippen LogP contribution is -2.44. The van der Waals surface area contributed by atoms with Gasteiger partial charge in [-0.15, -0.1) is 0 Å². The Balaban J connectivity index is 1.55. The van der Waals surface area contributed by atoms with E-state index in [4.69, 9.17) is 0 Å². The summed E-state index contributed by atoms with van der Waals surface area (Å²) in [7, 11) is 0. The zero-order valence-electron chi connectivity index (χ0n) is 15.7. The zero-order chi connectivity index (χ0) is 20.1. The molecule has 4 rings (SSSR count). The summed E-state index contributed by atoms with van der Waals surface area (Å²) in [5.41, 5.74) is 4.52. The van der Waals surface area contributed by atoms with Gasteiger partial charge in [-0.3, -0.25) is 20.0 Å². The summed E-state index contributed by atoms with van der Waals surface area (Å²) >= 11 is 0. The van der Waals surface area contributed by atoms with Gasteiger partial charge in [0.25, 0.3) is 11.5 Å². The van der Waals surface area contributed by atoms with Gasteiger partial charge in [0, 0.05) is 5.39 Å². The quantitative estimate of drug-likeness (QED) is 0.519. The third-order valence-corrected chi connectivity index (χ3v) is 4.57. The molecule has 1 heterocycles. The maximum Gasteiger partial charge on any atom is 0.275 e. The molecule has 0 unspecified atom stereocenters. The lowest BCUT2D eigenvalue weighted by Gasteiger charge is -2.25. The molecule has 1 amide bonds. The molecule has 0 radical (unpaired) electrons. The van der Waals surface area contributed by atoms with Crippen LogP contribution in [-0.4, -0.2) is 15.7 Å². The van der Waals surface area contributed by atoms with Crippen molar-refractivity contribution in [2.75, 3.05) is 5.01 Å². The van der Waals surface area contributed by atoms with Gasteiger partial charge in [0.2, 0.25) is 0 Å². The van der Waals surface area contributed by atoms with Crippen molar-refractivity contribution in [2.45, 2.75) is 13.1 Å². The molecule has 0 aliphatic rings. The summed E-state index contributed by atoms with van der Waals surface area (Å²) in [6.45, 7) is 0.332. The number of amides is 1. The fraction of sp³-hybridized carbons (Fsp3) is 0.0870. The van der Waals surface area contributed by atoms with E-state index in [1.807, 2.05) is 72.8 Å². The smallest absolute Gasteiger partial charge is 0.275 e. The van der Waals surface area contributed by atoms with Gasteiger partial charge in [0.15, 0.2) is 0 Å². The molecule has 1 N–H and O–H groups in total. The number of hydrogen-bond acceptors (Lipinski definition) is 4. The molecule has 0 atom stereocenters. The van der Waals surface area contributed by atoms with Crippen molar-refractivity contribution in [1.82, 2.24) is 15.2 Å². The molecule has 0 aliphatic carbocycles. The largest absolute Gasteiger partial charge is 0.281 e. The Kier molecular flexibility index (Phi) is 5.33. The van der Waals surface area contributed by atoms with Gasteiger partial charge in [-0.25, -0.2) is 4.68 Å². The molecule has 1 aromatic heterocycles. The Morgan fingerprint density at radius 1 is 0.897 bits per heavy atom. The van der Waals surface area contributed by atoms with Gasteiger partial charge in [-0.1, -0.05) is 66.7 Å². The van der Waals surface area contributed by atoms with E-state index in [1.165, 1.54) is 4.68 Å². The molecule has 0 spiro atoms. The number of fused-ring (bicyclic) bond motifs is 1. The number of benzene rings is 3. The summed E-state index contributed by atoms with van der Waals surface area (Å²) in [4.78, 5) is 25.3. The Morgan fingerprint density at radius 3 is 2.31 bits per heavy atom. The highest BCUT2D eigenvalue weighted by Crippen LogP contribution is 2.14. The van der Waals surface area contributed by atoms with Crippen LogP contribution in [0, 0.1) is 0 Å². The predicted molar refractivity (Wildman–Crippen MR) is 113 cm³/mol. The number of hydrogen-bond donors (Lipinski definition) is 1. The highest BCUT2D eigenvalue weighted by atomic mass is 16.2. The van der Waals surface area contributed by atoms with E-state index in [-0.39, 0.29) is 18.0 Å². The number of aromatic nitrogens is 2. The first-order valence-electron chi connectivity index (χ1n) is 9.31. The molecular weight excluding hydrogens is 364 g/mol. The molecule has 0 fully saturated rings. The number of para-hydroxylation sites is 1. The van der Waals surface area contributed by atoms with Crippen molar-refractivity contribution in [3.63, 3.8) is 0 Å². The summed E-state index contributed by atoms with van der Waals surface area (Å²) < 4.78 is 1.18. The molecular formula is C23H20N4O2. The minimum absolute atomic E-state index is 0.165. The average Bonchev–Trinajstić information content (AvgIpc) is 2.77. The first-order chi connectivity index (χ1) is 14.2. The maximum atomic E-state index is 12.7. The van der Waals surface area contributed by atoms with Crippen LogP contribution in [0.3, 0.4) is 0 Å². The summed E-state index contributed by atoms with van der Waals surface area (Å²) in [5.74, 6) is -0.324.